The monoisotopic (exact) mass is 702 g/mol. The molecule has 10 heteroatoms. The van der Waals surface area contributed by atoms with Crippen LogP contribution in [0.3, 0.4) is 0 Å². The van der Waals surface area contributed by atoms with Crippen LogP contribution < -0.4 is 19.5 Å². The van der Waals surface area contributed by atoms with Crippen LogP contribution in [0.25, 0.3) is 11.0 Å². The molecule has 4 heterocycles. The van der Waals surface area contributed by atoms with Crippen LogP contribution in [0.4, 0.5) is 5.95 Å². The van der Waals surface area contributed by atoms with Crippen LogP contribution in [-0.4, -0.2) is 90.3 Å². The summed E-state index contributed by atoms with van der Waals surface area (Å²) in [5, 5.41) is 3.81. The number of likely N-dealkylation sites (tertiary alicyclic amines) is 2. The lowest BCUT2D eigenvalue weighted by Gasteiger charge is -2.36. The highest BCUT2D eigenvalue weighted by Crippen LogP contribution is 2.42. The van der Waals surface area contributed by atoms with Crippen molar-refractivity contribution in [2.75, 3.05) is 59.4 Å². The molecule has 1 amide bonds. The molecule has 2 saturated heterocycles. The number of aromatic nitrogens is 3. The fourth-order valence-electron chi connectivity index (χ4n) is 7.96. The van der Waals surface area contributed by atoms with Gasteiger partial charge >= 0.3 is 0 Å². The normalized spacial score (nSPS) is 18.1. The summed E-state index contributed by atoms with van der Waals surface area (Å²) in [6.07, 6.45) is 7.71. The Morgan fingerprint density at radius 3 is 2.37 bits per heavy atom. The number of hydrogen-bond acceptors (Lipinski definition) is 8. The summed E-state index contributed by atoms with van der Waals surface area (Å²) in [6.45, 7) is 9.41. The van der Waals surface area contributed by atoms with E-state index < -0.39 is 0 Å². The number of carbonyl (C=O) groups is 1. The second kappa shape index (κ2) is 15.3. The number of hydrogen-bond donors (Lipinski definition) is 1. The second-order valence-corrected chi connectivity index (χ2v) is 14.4. The lowest BCUT2D eigenvalue weighted by Crippen LogP contribution is -2.42. The lowest BCUT2D eigenvalue weighted by atomic mass is 9.75. The summed E-state index contributed by atoms with van der Waals surface area (Å²) >= 11 is 0. The number of pyridine rings is 1. The molecule has 7 rings (SSSR count). The molecule has 1 unspecified atom stereocenters. The number of fused-ring (bicyclic) bond motifs is 1. The minimum absolute atomic E-state index is 0.0219. The number of nitrogens with zero attached hydrogens (tertiary/aromatic N) is 5. The first-order chi connectivity index (χ1) is 25.3. The highest BCUT2D eigenvalue weighted by molar-refractivity contribution is 5.96. The molecule has 2 fully saturated rings. The quantitative estimate of drug-likeness (QED) is 0.151. The molecule has 10 nitrogen and oxygen atoms in total. The topological polar surface area (TPSA) is 94.0 Å². The van der Waals surface area contributed by atoms with E-state index in [1.165, 1.54) is 16.7 Å². The highest BCUT2D eigenvalue weighted by atomic mass is 16.5. The van der Waals surface area contributed by atoms with E-state index >= 15 is 0 Å². The number of amides is 1. The number of piperidine rings is 1. The summed E-state index contributed by atoms with van der Waals surface area (Å²) in [5.41, 5.74) is 7.56. The smallest absolute Gasteiger partial charge is 0.254 e. The highest BCUT2D eigenvalue weighted by Gasteiger charge is 2.42. The Morgan fingerprint density at radius 2 is 1.67 bits per heavy atom. The van der Waals surface area contributed by atoms with Crippen molar-refractivity contribution < 1.29 is 19.0 Å². The summed E-state index contributed by atoms with van der Waals surface area (Å²) in [7, 11) is 4.72. The number of ether oxygens (including phenoxy) is 3. The van der Waals surface area contributed by atoms with E-state index in [2.05, 4.69) is 76.1 Å². The Kier molecular flexibility index (Phi) is 10.4. The Morgan fingerprint density at radius 1 is 0.904 bits per heavy atom. The number of nitrogens with one attached hydrogen (secondary N) is 1. The fourth-order valence-corrected chi connectivity index (χ4v) is 7.96. The Hall–Kier alpha value is -5.09. The molecule has 2 aromatic heterocycles. The van der Waals surface area contributed by atoms with Gasteiger partial charge in [0, 0.05) is 55.6 Å². The molecule has 0 radical (unpaired) electrons. The number of carbonyl (C=O) groups excluding carboxylic acids is 1. The van der Waals surface area contributed by atoms with Gasteiger partial charge in [-0.3, -0.25) is 9.78 Å². The number of anilines is 1. The first kappa shape index (κ1) is 35.3. The molecule has 0 aliphatic carbocycles. The van der Waals surface area contributed by atoms with Crippen LogP contribution in [-0.2, 0) is 12.0 Å². The number of imidazole rings is 1. The number of para-hydroxylation sites is 2. The minimum atomic E-state index is -0.138. The van der Waals surface area contributed by atoms with Crippen molar-refractivity contribution in [3.8, 4) is 17.2 Å². The molecular formula is C42H50N6O4. The summed E-state index contributed by atoms with van der Waals surface area (Å²) in [6, 6.07) is 23.1. The fraction of sp³-hybridized carbons (Fsp3) is 0.405. The van der Waals surface area contributed by atoms with Crippen molar-refractivity contribution in [2.24, 2.45) is 0 Å². The van der Waals surface area contributed by atoms with E-state index in [-0.39, 0.29) is 11.3 Å². The maximum atomic E-state index is 14.0. The zero-order chi connectivity index (χ0) is 36.2. The third-order valence-corrected chi connectivity index (χ3v) is 11.2. The van der Waals surface area contributed by atoms with E-state index in [1.807, 2.05) is 29.4 Å². The zero-order valence-corrected chi connectivity index (χ0v) is 31.0. The summed E-state index contributed by atoms with van der Waals surface area (Å²) < 4.78 is 18.9. The number of rotatable bonds is 12. The molecule has 2 aliphatic rings. The zero-order valence-electron chi connectivity index (χ0n) is 31.0. The van der Waals surface area contributed by atoms with Gasteiger partial charge < -0.3 is 33.9 Å². The predicted octanol–water partition coefficient (Wildman–Crippen LogP) is 6.87. The van der Waals surface area contributed by atoms with Crippen LogP contribution in [0.1, 0.15) is 58.3 Å². The van der Waals surface area contributed by atoms with Gasteiger partial charge in [-0.15, -0.1) is 0 Å². The number of methoxy groups -OCH3 is 3. The molecule has 3 aromatic carbocycles. The molecule has 2 aliphatic heterocycles. The molecular weight excluding hydrogens is 653 g/mol. The SMILES string of the molecule is COc1cc(C(=O)N2CCC(CCN3CCC(Nc4nc5ccccc5n4Cc4cccnc4)CC3)(c3ccc(C)c(C)c3)C2)cc(OC)c1OC. The van der Waals surface area contributed by atoms with E-state index in [9.17, 15) is 4.79 Å². The van der Waals surface area contributed by atoms with Crippen molar-refractivity contribution in [1.82, 2.24) is 24.3 Å². The van der Waals surface area contributed by atoms with Crippen LogP contribution >= 0.6 is 0 Å². The Labute approximate surface area is 306 Å². The molecule has 272 valence electrons. The van der Waals surface area contributed by atoms with Crippen molar-refractivity contribution in [1.29, 1.82) is 0 Å². The second-order valence-electron chi connectivity index (χ2n) is 14.4. The predicted molar refractivity (Wildman–Crippen MR) is 205 cm³/mol. The maximum Gasteiger partial charge on any atom is 0.254 e. The van der Waals surface area contributed by atoms with Gasteiger partial charge in [-0.1, -0.05) is 36.4 Å². The van der Waals surface area contributed by atoms with Gasteiger partial charge in [0.15, 0.2) is 11.5 Å². The molecule has 0 bridgehead atoms. The molecule has 1 atom stereocenters. The largest absolute Gasteiger partial charge is 0.493 e. The van der Waals surface area contributed by atoms with Crippen molar-refractivity contribution in [3.05, 3.63) is 107 Å². The molecule has 0 spiro atoms. The number of benzene rings is 3. The first-order valence-electron chi connectivity index (χ1n) is 18.3. The third kappa shape index (κ3) is 7.17. The van der Waals surface area contributed by atoms with Gasteiger partial charge in [0.2, 0.25) is 11.7 Å². The van der Waals surface area contributed by atoms with Gasteiger partial charge in [0.05, 0.1) is 38.9 Å². The molecule has 1 N–H and O–H groups in total. The lowest BCUT2D eigenvalue weighted by molar-refractivity contribution is 0.0779. The third-order valence-electron chi connectivity index (χ3n) is 11.2. The van der Waals surface area contributed by atoms with Crippen LogP contribution in [0, 0.1) is 13.8 Å². The summed E-state index contributed by atoms with van der Waals surface area (Å²) in [5.74, 6) is 2.34. The van der Waals surface area contributed by atoms with Crippen LogP contribution in [0.5, 0.6) is 17.2 Å². The van der Waals surface area contributed by atoms with E-state index in [0.717, 1.165) is 74.4 Å². The molecule has 0 saturated carbocycles. The first-order valence-corrected chi connectivity index (χ1v) is 18.3. The van der Waals surface area contributed by atoms with Crippen molar-refractivity contribution in [2.45, 2.75) is 57.5 Å². The van der Waals surface area contributed by atoms with Crippen LogP contribution in [0.2, 0.25) is 0 Å². The Bertz CT molecular complexity index is 2000. The minimum Gasteiger partial charge on any atom is -0.493 e. The molecule has 52 heavy (non-hydrogen) atoms. The Balaban J connectivity index is 1.04. The van der Waals surface area contributed by atoms with E-state index in [1.54, 1.807) is 33.5 Å². The van der Waals surface area contributed by atoms with Gasteiger partial charge in [0.1, 0.15) is 0 Å². The van der Waals surface area contributed by atoms with Crippen LogP contribution in [0.15, 0.2) is 79.1 Å². The average molecular weight is 703 g/mol. The maximum absolute atomic E-state index is 14.0. The van der Waals surface area contributed by atoms with Gasteiger partial charge in [-0.25, -0.2) is 4.98 Å². The summed E-state index contributed by atoms with van der Waals surface area (Å²) in [4.78, 5) is 28.0. The van der Waals surface area contributed by atoms with Gasteiger partial charge in [-0.05, 0) is 98.7 Å². The van der Waals surface area contributed by atoms with E-state index in [0.29, 0.717) is 41.9 Å². The number of aryl methyl sites for hydroxylation is 2. The van der Waals surface area contributed by atoms with Crippen molar-refractivity contribution >= 4 is 22.9 Å². The van der Waals surface area contributed by atoms with Gasteiger partial charge in [-0.2, -0.15) is 0 Å². The van der Waals surface area contributed by atoms with Crippen molar-refractivity contribution in [3.63, 3.8) is 0 Å². The molecule has 5 aromatic rings. The van der Waals surface area contributed by atoms with E-state index in [4.69, 9.17) is 19.2 Å². The average Bonchev–Trinajstić information content (AvgIpc) is 3.77. The van der Waals surface area contributed by atoms with Gasteiger partial charge in [0.25, 0.3) is 5.91 Å². The standard InChI is InChI=1S/C42H50N6O4/c1-29-12-13-33(23-30(29)2)42(17-22-47(28-42)40(49)32-24-37(50-3)39(52-5)38(25-32)51-4)16-21-46-19-14-34(15-20-46)44-41-45-35-10-6-7-11-36(35)48(41)27-31-9-8-18-43-26-31/h6-13,18,23-26,34H,14-17,19-22,27-28H2,1-5H3,(H,44,45).